The van der Waals surface area contributed by atoms with Crippen LogP contribution in [-0.2, 0) is 6.42 Å². The van der Waals surface area contributed by atoms with Crippen molar-refractivity contribution in [1.29, 1.82) is 0 Å². The molecule has 0 saturated carbocycles. The number of thioether (sulfide) groups is 1. The lowest BCUT2D eigenvalue weighted by Gasteiger charge is -2.42. The summed E-state index contributed by atoms with van der Waals surface area (Å²) in [6.07, 6.45) is 3.57. The molecule has 2 aliphatic heterocycles. The van der Waals surface area contributed by atoms with Gasteiger partial charge in [0.25, 0.3) is 0 Å². The van der Waals surface area contributed by atoms with Gasteiger partial charge >= 0.3 is 0 Å². The molecule has 1 unspecified atom stereocenters. The third-order valence-electron chi connectivity index (χ3n) is 5.36. The quantitative estimate of drug-likeness (QED) is 0.802. The van der Waals surface area contributed by atoms with Crippen LogP contribution in [0.25, 0.3) is 0 Å². The molecular weight excluding hydrogens is 312 g/mol. The zero-order valence-electron chi connectivity index (χ0n) is 14.2. The summed E-state index contributed by atoms with van der Waals surface area (Å²) in [6.45, 7) is 2.20. The summed E-state index contributed by atoms with van der Waals surface area (Å²) >= 11 is 2.08. The van der Waals surface area contributed by atoms with Gasteiger partial charge in [-0.3, -0.25) is 4.99 Å². The summed E-state index contributed by atoms with van der Waals surface area (Å²) < 4.78 is 0. The monoisotopic (exact) mass is 336 g/mol. The molecule has 124 valence electrons. The molecule has 0 aromatic heterocycles. The molecule has 0 amide bonds. The standard InChI is InChI=1S/C21H24N2S/c1-16(17-7-3-2-4-8-17)22-20-21(11-13-24-14-12-21)15-18-9-5-6-10-19(18)23-20/h2-10,16H,11-15H2,1H3,(H,22,23). The van der Waals surface area contributed by atoms with Gasteiger partial charge in [0, 0.05) is 11.1 Å². The van der Waals surface area contributed by atoms with Crippen molar-refractivity contribution in [1.82, 2.24) is 0 Å². The van der Waals surface area contributed by atoms with E-state index < -0.39 is 0 Å². The van der Waals surface area contributed by atoms with E-state index in [1.807, 2.05) is 0 Å². The number of hydrogen-bond donors (Lipinski definition) is 1. The van der Waals surface area contributed by atoms with Gasteiger partial charge in [-0.1, -0.05) is 48.5 Å². The number of nitrogens with zero attached hydrogens (tertiary/aromatic N) is 1. The van der Waals surface area contributed by atoms with Crippen molar-refractivity contribution >= 4 is 23.3 Å². The van der Waals surface area contributed by atoms with Crippen molar-refractivity contribution < 1.29 is 0 Å². The van der Waals surface area contributed by atoms with Crippen LogP contribution in [0.4, 0.5) is 5.69 Å². The number of rotatable bonds is 2. The Balaban J connectivity index is 1.72. The summed E-state index contributed by atoms with van der Waals surface area (Å²) in [5, 5.41) is 3.70. The highest BCUT2D eigenvalue weighted by atomic mass is 32.2. The number of para-hydroxylation sites is 1. The highest BCUT2D eigenvalue weighted by Gasteiger charge is 2.41. The predicted molar refractivity (Wildman–Crippen MR) is 105 cm³/mol. The fourth-order valence-corrected chi connectivity index (χ4v) is 5.12. The van der Waals surface area contributed by atoms with Gasteiger partial charge in [0.2, 0.25) is 0 Å². The Kier molecular flexibility index (Phi) is 4.36. The second kappa shape index (κ2) is 6.64. The molecule has 1 N–H and O–H groups in total. The van der Waals surface area contributed by atoms with Gasteiger partial charge in [-0.05, 0) is 54.9 Å². The average Bonchev–Trinajstić information content (AvgIpc) is 2.64. The largest absolute Gasteiger partial charge is 0.343 e. The van der Waals surface area contributed by atoms with Gasteiger partial charge in [0.1, 0.15) is 5.84 Å². The van der Waals surface area contributed by atoms with Crippen LogP contribution in [0, 0.1) is 5.41 Å². The maximum Gasteiger partial charge on any atom is 0.108 e. The van der Waals surface area contributed by atoms with E-state index in [0.29, 0.717) is 0 Å². The van der Waals surface area contributed by atoms with Crippen LogP contribution in [0.1, 0.15) is 36.9 Å². The second-order valence-corrected chi connectivity index (χ2v) is 8.14. The number of anilines is 1. The lowest BCUT2D eigenvalue weighted by atomic mass is 9.72. The first-order valence-corrected chi connectivity index (χ1v) is 9.98. The molecule has 0 aliphatic carbocycles. The van der Waals surface area contributed by atoms with Gasteiger partial charge in [-0.15, -0.1) is 0 Å². The Bertz CT molecular complexity index is 733. The highest BCUT2D eigenvalue weighted by molar-refractivity contribution is 7.99. The lowest BCUT2D eigenvalue weighted by molar-refractivity contribution is 0.376. The minimum absolute atomic E-state index is 0.186. The fourth-order valence-electron chi connectivity index (χ4n) is 3.85. The smallest absolute Gasteiger partial charge is 0.108 e. The Labute approximate surface area is 148 Å². The molecule has 2 aromatic rings. The molecule has 2 aliphatic rings. The number of aliphatic imine (C=N–C) groups is 1. The zero-order chi connectivity index (χ0) is 16.4. The SMILES string of the molecule is CC(N=C1Nc2ccccc2CC12CCSCC2)c1ccccc1. The molecule has 24 heavy (non-hydrogen) atoms. The van der Waals surface area contributed by atoms with E-state index in [9.17, 15) is 0 Å². The van der Waals surface area contributed by atoms with Crippen molar-refractivity contribution in [2.45, 2.75) is 32.2 Å². The minimum atomic E-state index is 0.186. The third kappa shape index (κ3) is 2.98. The van der Waals surface area contributed by atoms with E-state index in [2.05, 4.69) is 78.6 Å². The Morgan fingerprint density at radius 1 is 1.00 bits per heavy atom. The molecule has 0 radical (unpaired) electrons. The third-order valence-corrected chi connectivity index (χ3v) is 6.34. The van der Waals surface area contributed by atoms with Crippen molar-refractivity contribution in [2.75, 3.05) is 16.8 Å². The van der Waals surface area contributed by atoms with Gasteiger partial charge in [-0.2, -0.15) is 11.8 Å². The molecule has 3 heteroatoms. The summed E-state index contributed by atoms with van der Waals surface area (Å²) in [4.78, 5) is 5.18. The Morgan fingerprint density at radius 3 is 2.50 bits per heavy atom. The average molecular weight is 337 g/mol. The molecule has 2 nitrogen and oxygen atoms in total. The van der Waals surface area contributed by atoms with E-state index in [4.69, 9.17) is 4.99 Å². The van der Waals surface area contributed by atoms with Crippen molar-refractivity contribution in [2.24, 2.45) is 10.4 Å². The van der Waals surface area contributed by atoms with E-state index >= 15 is 0 Å². The fraction of sp³-hybridized carbons (Fsp3) is 0.381. The molecule has 1 saturated heterocycles. The number of fused-ring (bicyclic) bond motifs is 1. The summed E-state index contributed by atoms with van der Waals surface area (Å²) in [5.41, 5.74) is 4.16. The Hall–Kier alpha value is -1.74. The van der Waals surface area contributed by atoms with Crippen LogP contribution in [0.5, 0.6) is 0 Å². The van der Waals surface area contributed by atoms with Crippen molar-refractivity contribution in [3.8, 4) is 0 Å². The van der Waals surface area contributed by atoms with Crippen LogP contribution in [-0.4, -0.2) is 17.3 Å². The van der Waals surface area contributed by atoms with Crippen molar-refractivity contribution in [3.63, 3.8) is 0 Å². The normalized spacial score (nSPS) is 22.0. The molecule has 2 aromatic carbocycles. The molecule has 1 atom stereocenters. The first-order chi connectivity index (χ1) is 11.8. The van der Waals surface area contributed by atoms with Crippen LogP contribution < -0.4 is 5.32 Å². The lowest BCUT2D eigenvalue weighted by Crippen LogP contribution is -2.44. The first kappa shape index (κ1) is 15.8. The van der Waals surface area contributed by atoms with Crippen molar-refractivity contribution in [3.05, 3.63) is 65.7 Å². The van der Waals surface area contributed by atoms with Crippen LogP contribution in [0.2, 0.25) is 0 Å². The van der Waals surface area contributed by atoms with Crippen LogP contribution >= 0.6 is 11.8 Å². The van der Waals surface area contributed by atoms with Gasteiger partial charge in [0.05, 0.1) is 6.04 Å². The first-order valence-electron chi connectivity index (χ1n) is 8.83. The van der Waals surface area contributed by atoms with Gasteiger partial charge < -0.3 is 5.32 Å². The van der Waals surface area contributed by atoms with E-state index in [1.165, 1.54) is 47.0 Å². The molecule has 2 heterocycles. The van der Waals surface area contributed by atoms with Gasteiger partial charge in [-0.25, -0.2) is 0 Å². The zero-order valence-corrected chi connectivity index (χ0v) is 15.0. The minimum Gasteiger partial charge on any atom is -0.343 e. The molecule has 1 fully saturated rings. The van der Waals surface area contributed by atoms with E-state index in [1.54, 1.807) is 0 Å². The predicted octanol–water partition coefficient (Wildman–Crippen LogP) is 5.33. The summed E-state index contributed by atoms with van der Waals surface area (Å²) in [7, 11) is 0. The number of benzene rings is 2. The van der Waals surface area contributed by atoms with Crippen LogP contribution in [0.15, 0.2) is 59.6 Å². The molecule has 0 bridgehead atoms. The number of amidine groups is 1. The number of hydrogen-bond acceptors (Lipinski definition) is 2. The highest BCUT2D eigenvalue weighted by Crippen LogP contribution is 2.44. The van der Waals surface area contributed by atoms with E-state index in [0.717, 1.165) is 6.42 Å². The summed E-state index contributed by atoms with van der Waals surface area (Å²) in [5.74, 6) is 3.68. The second-order valence-electron chi connectivity index (χ2n) is 6.92. The number of nitrogens with one attached hydrogen (secondary N) is 1. The molecule has 4 rings (SSSR count). The maximum atomic E-state index is 5.18. The topological polar surface area (TPSA) is 24.4 Å². The van der Waals surface area contributed by atoms with Crippen LogP contribution in [0.3, 0.4) is 0 Å². The summed E-state index contributed by atoms with van der Waals surface area (Å²) in [6, 6.07) is 19.5. The van der Waals surface area contributed by atoms with Gasteiger partial charge in [0.15, 0.2) is 0 Å². The Morgan fingerprint density at radius 2 is 1.71 bits per heavy atom. The maximum absolute atomic E-state index is 5.18. The van der Waals surface area contributed by atoms with E-state index in [-0.39, 0.29) is 11.5 Å². The molecular formula is C21H24N2S. The molecule has 1 spiro atoms.